The average Bonchev–Trinajstić information content (AvgIpc) is 2.29. The van der Waals surface area contributed by atoms with E-state index in [4.69, 9.17) is 0 Å². The van der Waals surface area contributed by atoms with Gasteiger partial charge >= 0.3 is 0 Å². The smallest absolute Gasteiger partial charge is 0.224 e. The van der Waals surface area contributed by atoms with Gasteiger partial charge in [0.15, 0.2) is 0 Å². The van der Waals surface area contributed by atoms with E-state index in [-0.39, 0.29) is 0 Å². The minimum atomic E-state index is 0.292. The molecule has 0 saturated carbocycles. The summed E-state index contributed by atoms with van der Waals surface area (Å²) in [5, 5.41) is 3.43. The Balaban J connectivity index is 2.32. The Bertz CT molecular complexity index is 212. The maximum atomic E-state index is 12.0. The van der Waals surface area contributed by atoms with E-state index in [0.717, 1.165) is 25.8 Å². The number of hydrogen-bond acceptors (Lipinski definition) is 2. The van der Waals surface area contributed by atoms with Gasteiger partial charge in [-0.1, -0.05) is 19.8 Å². The van der Waals surface area contributed by atoms with Gasteiger partial charge in [-0.3, -0.25) is 4.79 Å². The molecule has 0 bridgehead atoms. The Morgan fingerprint density at radius 3 is 2.81 bits per heavy atom. The van der Waals surface area contributed by atoms with Crippen molar-refractivity contribution < 1.29 is 4.79 Å². The maximum absolute atomic E-state index is 12.0. The largest absolute Gasteiger partial charge is 0.343 e. The van der Waals surface area contributed by atoms with Gasteiger partial charge in [-0.2, -0.15) is 0 Å². The highest BCUT2D eigenvalue weighted by Gasteiger charge is 2.20. The monoisotopic (exact) mass is 226 g/mol. The van der Waals surface area contributed by atoms with Crippen LogP contribution in [0.2, 0.25) is 0 Å². The first-order valence-electron chi connectivity index (χ1n) is 6.64. The summed E-state index contributed by atoms with van der Waals surface area (Å²) in [7, 11) is 1.94. The minimum absolute atomic E-state index is 0.292. The molecule has 1 amide bonds. The van der Waals surface area contributed by atoms with Crippen molar-refractivity contribution in [2.75, 3.05) is 13.6 Å². The van der Waals surface area contributed by atoms with E-state index in [0.29, 0.717) is 24.4 Å². The van der Waals surface area contributed by atoms with Crippen LogP contribution in [0.3, 0.4) is 0 Å². The molecule has 0 aromatic heterocycles. The normalized spacial score (nSPS) is 22.8. The SMILES string of the molecule is CCCC(C)N(C)C(=O)CC1CCCCN1. The molecule has 2 atom stereocenters. The highest BCUT2D eigenvalue weighted by atomic mass is 16.2. The van der Waals surface area contributed by atoms with Gasteiger partial charge in [0.05, 0.1) is 0 Å². The molecule has 0 spiro atoms. The van der Waals surface area contributed by atoms with Gasteiger partial charge in [-0.15, -0.1) is 0 Å². The molecule has 0 radical (unpaired) electrons. The van der Waals surface area contributed by atoms with Crippen LogP contribution >= 0.6 is 0 Å². The lowest BCUT2D eigenvalue weighted by Gasteiger charge is -2.28. The Hall–Kier alpha value is -0.570. The Morgan fingerprint density at radius 2 is 2.25 bits per heavy atom. The summed E-state index contributed by atoms with van der Waals surface area (Å²) in [4.78, 5) is 13.9. The first kappa shape index (κ1) is 13.5. The molecule has 0 aromatic carbocycles. The van der Waals surface area contributed by atoms with Crippen LogP contribution in [-0.4, -0.2) is 36.5 Å². The zero-order valence-corrected chi connectivity index (χ0v) is 11.0. The number of carbonyl (C=O) groups excluding carboxylic acids is 1. The predicted octanol–water partition coefficient (Wildman–Crippen LogP) is 2.17. The fourth-order valence-electron chi connectivity index (χ4n) is 2.31. The highest BCUT2D eigenvalue weighted by Crippen LogP contribution is 2.13. The third-order valence-corrected chi connectivity index (χ3v) is 3.59. The second kappa shape index (κ2) is 6.89. The van der Waals surface area contributed by atoms with E-state index in [9.17, 15) is 4.79 Å². The van der Waals surface area contributed by atoms with Crippen molar-refractivity contribution in [3.63, 3.8) is 0 Å². The molecule has 1 N–H and O–H groups in total. The molecule has 1 aliphatic rings. The molecular formula is C13H26N2O. The standard InChI is InChI=1S/C13H26N2O/c1-4-7-11(2)15(3)13(16)10-12-8-5-6-9-14-12/h11-12,14H,4-10H2,1-3H3. The topological polar surface area (TPSA) is 32.3 Å². The molecule has 0 aromatic rings. The van der Waals surface area contributed by atoms with Crippen molar-refractivity contribution in [1.82, 2.24) is 10.2 Å². The number of rotatable bonds is 5. The van der Waals surface area contributed by atoms with Crippen molar-refractivity contribution in [3.8, 4) is 0 Å². The highest BCUT2D eigenvalue weighted by molar-refractivity contribution is 5.76. The molecule has 2 unspecified atom stereocenters. The first-order chi connectivity index (χ1) is 7.65. The Kier molecular flexibility index (Phi) is 5.81. The Labute approximate surface area is 99.6 Å². The van der Waals surface area contributed by atoms with Crippen molar-refractivity contribution in [2.24, 2.45) is 0 Å². The van der Waals surface area contributed by atoms with Crippen LogP contribution in [0.5, 0.6) is 0 Å². The van der Waals surface area contributed by atoms with Crippen LogP contribution in [0.25, 0.3) is 0 Å². The lowest BCUT2D eigenvalue weighted by atomic mass is 10.0. The van der Waals surface area contributed by atoms with Crippen LogP contribution < -0.4 is 5.32 Å². The molecule has 1 aliphatic heterocycles. The zero-order chi connectivity index (χ0) is 12.0. The van der Waals surface area contributed by atoms with Gasteiger partial charge in [-0.25, -0.2) is 0 Å². The summed E-state index contributed by atoms with van der Waals surface area (Å²) in [6.07, 6.45) is 6.58. The van der Waals surface area contributed by atoms with Crippen LogP contribution in [-0.2, 0) is 4.79 Å². The molecule has 3 nitrogen and oxygen atoms in total. The summed E-state index contributed by atoms with van der Waals surface area (Å²) < 4.78 is 0. The molecular weight excluding hydrogens is 200 g/mol. The summed E-state index contributed by atoms with van der Waals surface area (Å²) in [5.41, 5.74) is 0. The van der Waals surface area contributed by atoms with E-state index in [2.05, 4.69) is 19.2 Å². The summed E-state index contributed by atoms with van der Waals surface area (Å²) in [6.45, 7) is 5.37. The van der Waals surface area contributed by atoms with Crippen LogP contribution in [0.1, 0.15) is 52.4 Å². The van der Waals surface area contributed by atoms with Crippen molar-refractivity contribution in [3.05, 3.63) is 0 Å². The Morgan fingerprint density at radius 1 is 1.50 bits per heavy atom. The van der Waals surface area contributed by atoms with Crippen LogP contribution in [0.4, 0.5) is 0 Å². The molecule has 3 heteroatoms. The molecule has 1 rings (SSSR count). The molecule has 1 fully saturated rings. The van der Waals surface area contributed by atoms with Gasteiger partial charge in [0.1, 0.15) is 0 Å². The average molecular weight is 226 g/mol. The van der Waals surface area contributed by atoms with Gasteiger partial charge in [0.2, 0.25) is 5.91 Å². The van der Waals surface area contributed by atoms with E-state index < -0.39 is 0 Å². The fraction of sp³-hybridized carbons (Fsp3) is 0.923. The predicted molar refractivity (Wildman–Crippen MR) is 67.4 cm³/mol. The van der Waals surface area contributed by atoms with E-state index >= 15 is 0 Å². The third kappa shape index (κ3) is 4.12. The second-order valence-corrected chi connectivity index (χ2v) is 4.99. The number of amides is 1. The number of hydrogen-bond donors (Lipinski definition) is 1. The zero-order valence-electron chi connectivity index (χ0n) is 11.0. The van der Waals surface area contributed by atoms with Crippen LogP contribution in [0, 0.1) is 0 Å². The summed E-state index contributed by atoms with van der Waals surface area (Å²) in [6, 6.07) is 0.790. The van der Waals surface area contributed by atoms with Crippen molar-refractivity contribution in [2.45, 2.75) is 64.5 Å². The van der Waals surface area contributed by atoms with Crippen molar-refractivity contribution in [1.29, 1.82) is 0 Å². The van der Waals surface area contributed by atoms with Gasteiger partial charge in [0, 0.05) is 25.6 Å². The number of piperidine rings is 1. The quantitative estimate of drug-likeness (QED) is 0.779. The number of nitrogens with one attached hydrogen (secondary N) is 1. The lowest BCUT2D eigenvalue weighted by molar-refractivity contribution is -0.132. The number of nitrogens with zero attached hydrogens (tertiary/aromatic N) is 1. The minimum Gasteiger partial charge on any atom is -0.343 e. The lowest BCUT2D eigenvalue weighted by Crippen LogP contribution is -2.41. The van der Waals surface area contributed by atoms with Crippen molar-refractivity contribution >= 4 is 5.91 Å². The number of carbonyl (C=O) groups is 1. The van der Waals surface area contributed by atoms with E-state index in [1.54, 1.807) is 0 Å². The summed E-state index contributed by atoms with van der Waals surface area (Å²) in [5.74, 6) is 0.292. The van der Waals surface area contributed by atoms with Gasteiger partial charge in [-0.05, 0) is 32.7 Å². The first-order valence-corrected chi connectivity index (χ1v) is 6.64. The molecule has 1 saturated heterocycles. The second-order valence-electron chi connectivity index (χ2n) is 4.99. The third-order valence-electron chi connectivity index (χ3n) is 3.59. The molecule has 94 valence electrons. The van der Waals surface area contributed by atoms with Crippen LogP contribution in [0.15, 0.2) is 0 Å². The van der Waals surface area contributed by atoms with E-state index in [1.165, 1.54) is 12.8 Å². The summed E-state index contributed by atoms with van der Waals surface area (Å²) >= 11 is 0. The molecule has 0 aliphatic carbocycles. The van der Waals surface area contributed by atoms with Gasteiger partial charge < -0.3 is 10.2 Å². The van der Waals surface area contributed by atoms with E-state index in [1.807, 2.05) is 11.9 Å². The molecule has 16 heavy (non-hydrogen) atoms. The molecule has 1 heterocycles. The van der Waals surface area contributed by atoms with Gasteiger partial charge in [0.25, 0.3) is 0 Å². The fourth-order valence-corrected chi connectivity index (χ4v) is 2.31. The maximum Gasteiger partial charge on any atom is 0.224 e.